The quantitative estimate of drug-likeness (QED) is 0.712. The Morgan fingerprint density at radius 3 is 2.38 bits per heavy atom. The molecule has 3 nitrogen and oxygen atoms in total. The van der Waals surface area contributed by atoms with Crippen LogP contribution in [0, 0.1) is 5.41 Å². The minimum absolute atomic E-state index is 0.0133. The largest absolute Gasteiger partial charge is 0.463 e. The molecule has 0 aromatic rings. The molecule has 0 spiro atoms. The number of carbonyl (C=O) groups excluding carboxylic acids is 1. The molecule has 0 aliphatic carbocycles. The molecule has 16 heavy (non-hydrogen) atoms. The van der Waals surface area contributed by atoms with E-state index in [1.165, 1.54) is 0 Å². The van der Waals surface area contributed by atoms with Crippen molar-refractivity contribution in [3.05, 3.63) is 0 Å². The summed E-state index contributed by atoms with van der Waals surface area (Å²) in [6.07, 6.45) is 3.12. The molecule has 0 saturated heterocycles. The van der Waals surface area contributed by atoms with Gasteiger partial charge < -0.3 is 10.5 Å². The third-order valence-corrected chi connectivity index (χ3v) is 2.33. The number of nitrogens with two attached hydrogens (primary N) is 1. The molecule has 2 unspecified atom stereocenters. The molecule has 0 bridgehead atoms. The Hall–Kier alpha value is -0.570. The van der Waals surface area contributed by atoms with Gasteiger partial charge in [-0.1, -0.05) is 34.1 Å². The third kappa shape index (κ3) is 8.72. The van der Waals surface area contributed by atoms with Crippen LogP contribution < -0.4 is 5.73 Å². The van der Waals surface area contributed by atoms with E-state index >= 15 is 0 Å². The van der Waals surface area contributed by atoms with Gasteiger partial charge in [0, 0.05) is 6.04 Å². The normalized spacial score (nSPS) is 15.6. The van der Waals surface area contributed by atoms with E-state index < -0.39 is 0 Å². The van der Waals surface area contributed by atoms with Crippen molar-refractivity contribution in [1.82, 2.24) is 0 Å². The zero-order chi connectivity index (χ0) is 12.8. The van der Waals surface area contributed by atoms with Crippen molar-refractivity contribution in [1.29, 1.82) is 0 Å². The van der Waals surface area contributed by atoms with Gasteiger partial charge in [-0.3, -0.25) is 4.79 Å². The molecule has 0 aliphatic rings. The van der Waals surface area contributed by atoms with Crippen molar-refractivity contribution in [2.45, 2.75) is 72.4 Å². The predicted octanol–water partition coefficient (Wildman–Crippen LogP) is 2.87. The molecule has 0 saturated carbocycles. The summed E-state index contributed by atoms with van der Waals surface area (Å²) in [7, 11) is 0. The number of hydrogen-bond acceptors (Lipinski definition) is 3. The summed E-state index contributed by atoms with van der Waals surface area (Å²) in [6, 6.07) is -0.0960. The summed E-state index contributed by atoms with van der Waals surface area (Å²) in [5.41, 5.74) is 6.07. The third-order valence-electron chi connectivity index (χ3n) is 2.33. The highest BCUT2D eigenvalue weighted by atomic mass is 16.5. The number of hydrogen-bond donors (Lipinski definition) is 1. The van der Waals surface area contributed by atoms with Crippen molar-refractivity contribution in [2.75, 3.05) is 0 Å². The minimum atomic E-state index is -0.169. The van der Waals surface area contributed by atoms with Crippen LogP contribution in [0.4, 0.5) is 0 Å². The monoisotopic (exact) mass is 229 g/mol. The molecule has 0 fully saturated rings. The Morgan fingerprint density at radius 2 is 1.94 bits per heavy atom. The van der Waals surface area contributed by atoms with Crippen LogP contribution in [0.3, 0.4) is 0 Å². The molecule has 0 amide bonds. The van der Waals surface area contributed by atoms with E-state index in [1.807, 2.05) is 6.92 Å². The molecule has 0 aromatic heterocycles. The van der Waals surface area contributed by atoms with Gasteiger partial charge in [-0.2, -0.15) is 0 Å². The van der Waals surface area contributed by atoms with Crippen LogP contribution in [0.25, 0.3) is 0 Å². The highest BCUT2D eigenvalue weighted by Crippen LogP contribution is 2.21. The average Bonchev–Trinajstić information content (AvgIpc) is 1.98. The van der Waals surface area contributed by atoms with Gasteiger partial charge >= 0.3 is 5.97 Å². The lowest BCUT2D eigenvalue weighted by Gasteiger charge is -2.23. The maximum Gasteiger partial charge on any atom is 0.307 e. The Labute approximate surface area is 99.7 Å². The van der Waals surface area contributed by atoms with Gasteiger partial charge in [-0.25, -0.2) is 0 Å². The molecule has 2 atom stereocenters. The number of esters is 1. The topological polar surface area (TPSA) is 52.3 Å². The van der Waals surface area contributed by atoms with Crippen LogP contribution in [0.2, 0.25) is 0 Å². The molecule has 0 heterocycles. The number of ether oxygens (including phenoxy) is 1. The first-order chi connectivity index (χ1) is 7.24. The number of carbonyl (C=O) groups is 1. The van der Waals surface area contributed by atoms with E-state index in [1.54, 1.807) is 0 Å². The van der Waals surface area contributed by atoms with Gasteiger partial charge in [0.05, 0.1) is 12.5 Å². The second kappa shape index (κ2) is 6.89. The van der Waals surface area contributed by atoms with E-state index in [4.69, 9.17) is 10.5 Å². The van der Waals surface area contributed by atoms with Gasteiger partial charge in [0.15, 0.2) is 0 Å². The standard InChI is InChI=1S/C13H27NO2/c1-6-7-10(2)16-12(15)8-11(14)9-13(3,4)5/h10-11H,6-9,14H2,1-5H3. The highest BCUT2D eigenvalue weighted by Gasteiger charge is 2.19. The van der Waals surface area contributed by atoms with Crippen molar-refractivity contribution in [3.8, 4) is 0 Å². The SMILES string of the molecule is CCCC(C)OC(=O)CC(N)CC(C)(C)C. The first kappa shape index (κ1) is 15.4. The summed E-state index contributed by atoms with van der Waals surface area (Å²) in [5, 5.41) is 0. The average molecular weight is 229 g/mol. The van der Waals surface area contributed by atoms with Crippen molar-refractivity contribution >= 4 is 5.97 Å². The second-order valence-electron chi connectivity index (χ2n) is 5.82. The first-order valence-electron chi connectivity index (χ1n) is 6.19. The molecule has 0 aromatic carbocycles. The molecule has 96 valence electrons. The lowest BCUT2D eigenvalue weighted by atomic mass is 9.87. The summed E-state index contributed by atoms with van der Waals surface area (Å²) in [5.74, 6) is -0.169. The van der Waals surface area contributed by atoms with Crippen molar-refractivity contribution in [2.24, 2.45) is 11.1 Å². The molecular weight excluding hydrogens is 202 g/mol. The molecule has 0 radical (unpaired) electrons. The molecule has 2 N–H and O–H groups in total. The Kier molecular flexibility index (Phi) is 6.65. The van der Waals surface area contributed by atoms with Gasteiger partial charge in [-0.05, 0) is 25.2 Å². The second-order valence-corrected chi connectivity index (χ2v) is 5.82. The zero-order valence-electron chi connectivity index (χ0n) is 11.4. The molecule has 0 aliphatic heterocycles. The summed E-state index contributed by atoms with van der Waals surface area (Å²) >= 11 is 0. The molecule has 0 rings (SSSR count). The highest BCUT2D eigenvalue weighted by molar-refractivity contribution is 5.70. The fourth-order valence-corrected chi connectivity index (χ4v) is 1.81. The summed E-state index contributed by atoms with van der Waals surface area (Å²) in [6.45, 7) is 10.4. The van der Waals surface area contributed by atoms with Gasteiger partial charge in [0.2, 0.25) is 0 Å². The van der Waals surface area contributed by atoms with Crippen LogP contribution in [0.15, 0.2) is 0 Å². The fraction of sp³-hybridized carbons (Fsp3) is 0.923. The van der Waals surface area contributed by atoms with E-state index in [-0.39, 0.29) is 23.5 Å². The summed E-state index contributed by atoms with van der Waals surface area (Å²) in [4.78, 5) is 11.5. The molecule has 3 heteroatoms. The van der Waals surface area contributed by atoms with Gasteiger partial charge in [0.1, 0.15) is 0 Å². The van der Waals surface area contributed by atoms with Crippen molar-refractivity contribution < 1.29 is 9.53 Å². The lowest BCUT2D eigenvalue weighted by molar-refractivity contribution is -0.149. The van der Waals surface area contributed by atoms with Crippen LogP contribution >= 0.6 is 0 Å². The van der Waals surface area contributed by atoms with Crippen LogP contribution in [0.1, 0.15) is 60.3 Å². The maximum atomic E-state index is 11.5. The van der Waals surface area contributed by atoms with Crippen molar-refractivity contribution in [3.63, 3.8) is 0 Å². The first-order valence-corrected chi connectivity index (χ1v) is 6.19. The van der Waals surface area contributed by atoms with Gasteiger partial charge in [0.25, 0.3) is 0 Å². The zero-order valence-corrected chi connectivity index (χ0v) is 11.4. The fourth-order valence-electron chi connectivity index (χ4n) is 1.81. The number of rotatable bonds is 6. The predicted molar refractivity (Wildman–Crippen MR) is 67.1 cm³/mol. The Morgan fingerprint density at radius 1 is 1.38 bits per heavy atom. The lowest BCUT2D eigenvalue weighted by Crippen LogP contribution is -2.30. The van der Waals surface area contributed by atoms with E-state index in [2.05, 4.69) is 27.7 Å². The molecular formula is C13H27NO2. The van der Waals surface area contributed by atoms with E-state index in [0.29, 0.717) is 6.42 Å². The van der Waals surface area contributed by atoms with Crippen LogP contribution in [-0.4, -0.2) is 18.1 Å². The van der Waals surface area contributed by atoms with Gasteiger partial charge in [-0.15, -0.1) is 0 Å². The van der Waals surface area contributed by atoms with Crippen LogP contribution in [0.5, 0.6) is 0 Å². The smallest absolute Gasteiger partial charge is 0.307 e. The maximum absolute atomic E-state index is 11.5. The minimum Gasteiger partial charge on any atom is -0.463 e. The Bertz CT molecular complexity index is 208. The van der Waals surface area contributed by atoms with Crippen LogP contribution in [-0.2, 0) is 9.53 Å². The Balaban J connectivity index is 3.87. The van der Waals surface area contributed by atoms with E-state index in [9.17, 15) is 4.79 Å². The summed E-state index contributed by atoms with van der Waals surface area (Å²) < 4.78 is 5.26. The van der Waals surface area contributed by atoms with E-state index in [0.717, 1.165) is 19.3 Å².